The van der Waals surface area contributed by atoms with Gasteiger partial charge in [-0.1, -0.05) is 23.7 Å². The number of ether oxygens (including phenoxy) is 1. The lowest BCUT2D eigenvalue weighted by molar-refractivity contribution is 0.411. The van der Waals surface area contributed by atoms with Gasteiger partial charge in [0.1, 0.15) is 5.75 Å². The highest BCUT2D eigenvalue weighted by Crippen LogP contribution is 2.31. The number of nitrogens with two attached hydrogens (primary N) is 1. The third-order valence-electron chi connectivity index (χ3n) is 2.69. The van der Waals surface area contributed by atoms with Crippen LogP contribution in [0, 0.1) is 6.92 Å². The van der Waals surface area contributed by atoms with Crippen LogP contribution in [0.4, 0.5) is 0 Å². The van der Waals surface area contributed by atoms with E-state index in [0.29, 0.717) is 0 Å². The number of methoxy groups -OCH3 is 1. The van der Waals surface area contributed by atoms with Crippen LogP contribution < -0.4 is 10.5 Å². The summed E-state index contributed by atoms with van der Waals surface area (Å²) in [5.41, 5.74) is 8.34. The summed E-state index contributed by atoms with van der Waals surface area (Å²) in [5.74, 6) is 0.862. The van der Waals surface area contributed by atoms with Crippen molar-refractivity contribution in [1.29, 1.82) is 0 Å². The fraction of sp³-hybridized carbons (Fsp3) is 0.231. The largest absolute Gasteiger partial charge is 0.496 e. The summed E-state index contributed by atoms with van der Waals surface area (Å²) in [5, 5.41) is 0. The fourth-order valence-corrected chi connectivity index (χ4v) is 2.78. The van der Waals surface area contributed by atoms with Crippen LogP contribution in [-0.4, -0.2) is 7.11 Å². The van der Waals surface area contributed by atoms with Gasteiger partial charge in [0.05, 0.1) is 17.5 Å². The monoisotopic (exact) mass is 267 g/mol. The van der Waals surface area contributed by atoms with Gasteiger partial charge in [0, 0.05) is 4.88 Å². The predicted molar refractivity (Wildman–Crippen MR) is 73.1 cm³/mol. The lowest BCUT2D eigenvalue weighted by Gasteiger charge is -2.12. The Morgan fingerprint density at radius 2 is 2.06 bits per heavy atom. The smallest absolute Gasteiger partial charge is 0.122 e. The number of aryl methyl sites for hydroxylation is 1. The Bertz CT molecular complexity index is 524. The zero-order valence-corrected chi connectivity index (χ0v) is 11.3. The van der Waals surface area contributed by atoms with Crippen molar-refractivity contribution in [1.82, 2.24) is 0 Å². The molecule has 0 amide bonds. The highest BCUT2D eigenvalue weighted by atomic mass is 35.5. The Labute approximate surface area is 110 Å². The molecule has 0 fully saturated rings. The summed E-state index contributed by atoms with van der Waals surface area (Å²) >= 11 is 7.42. The molecule has 4 heteroatoms. The van der Waals surface area contributed by atoms with Crippen LogP contribution in [0.15, 0.2) is 30.3 Å². The Balaban J connectivity index is 2.34. The van der Waals surface area contributed by atoms with Gasteiger partial charge in [-0.25, -0.2) is 0 Å². The molecule has 0 aliphatic heterocycles. The molecule has 0 aliphatic carbocycles. The number of hydrogen-bond acceptors (Lipinski definition) is 3. The Morgan fingerprint density at radius 1 is 1.29 bits per heavy atom. The van der Waals surface area contributed by atoms with Gasteiger partial charge in [0.2, 0.25) is 0 Å². The summed E-state index contributed by atoms with van der Waals surface area (Å²) in [7, 11) is 1.67. The maximum absolute atomic E-state index is 6.20. The van der Waals surface area contributed by atoms with E-state index < -0.39 is 0 Å². The van der Waals surface area contributed by atoms with Crippen LogP contribution in [0.25, 0.3) is 0 Å². The Kier molecular flexibility index (Phi) is 3.72. The third kappa shape index (κ3) is 2.63. The molecule has 2 nitrogen and oxygen atoms in total. The number of rotatable bonds is 3. The van der Waals surface area contributed by atoms with Crippen LogP contribution in [-0.2, 0) is 0 Å². The maximum Gasteiger partial charge on any atom is 0.122 e. The van der Waals surface area contributed by atoms with Gasteiger partial charge in [-0.05, 0) is 36.2 Å². The van der Waals surface area contributed by atoms with Crippen molar-refractivity contribution in [3.63, 3.8) is 0 Å². The number of benzene rings is 1. The van der Waals surface area contributed by atoms with Gasteiger partial charge in [0.25, 0.3) is 0 Å². The molecule has 0 aliphatic rings. The molecule has 0 saturated carbocycles. The van der Waals surface area contributed by atoms with E-state index in [4.69, 9.17) is 22.1 Å². The molecule has 1 unspecified atom stereocenters. The first-order valence-corrected chi connectivity index (χ1v) is 6.46. The molecular formula is C13H14ClNOS. The molecule has 0 saturated heterocycles. The number of thiophene rings is 1. The molecule has 1 aromatic carbocycles. The molecule has 2 N–H and O–H groups in total. The van der Waals surface area contributed by atoms with E-state index in [1.54, 1.807) is 7.11 Å². The summed E-state index contributed by atoms with van der Waals surface area (Å²) < 4.78 is 6.06. The van der Waals surface area contributed by atoms with Crippen LogP contribution in [0.3, 0.4) is 0 Å². The van der Waals surface area contributed by atoms with Crippen molar-refractivity contribution in [2.45, 2.75) is 13.0 Å². The fourth-order valence-electron chi connectivity index (χ4n) is 1.69. The van der Waals surface area contributed by atoms with Crippen molar-refractivity contribution in [2.75, 3.05) is 7.11 Å². The summed E-state index contributed by atoms with van der Waals surface area (Å²) in [4.78, 5) is 1.06. The molecule has 0 radical (unpaired) electrons. The normalized spacial score (nSPS) is 12.5. The van der Waals surface area contributed by atoms with E-state index >= 15 is 0 Å². The second-order valence-electron chi connectivity index (χ2n) is 3.85. The van der Waals surface area contributed by atoms with Crippen molar-refractivity contribution >= 4 is 22.9 Å². The highest BCUT2D eigenvalue weighted by Gasteiger charge is 2.12. The van der Waals surface area contributed by atoms with Gasteiger partial charge in [-0.2, -0.15) is 0 Å². The first-order valence-electron chi connectivity index (χ1n) is 5.27. The summed E-state index contributed by atoms with van der Waals surface area (Å²) in [6.45, 7) is 2.01. The maximum atomic E-state index is 6.20. The van der Waals surface area contributed by atoms with Gasteiger partial charge < -0.3 is 10.5 Å². The zero-order chi connectivity index (χ0) is 12.4. The minimum Gasteiger partial charge on any atom is -0.496 e. The quantitative estimate of drug-likeness (QED) is 0.919. The molecule has 1 aromatic heterocycles. The zero-order valence-electron chi connectivity index (χ0n) is 9.74. The number of hydrogen-bond donors (Lipinski definition) is 1. The summed E-state index contributed by atoms with van der Waals surface area (Å²) in [6.07, 6.45) is 0. The highest BCUT2D eigenvalue weighted by molar-refractivity contribution is 7.16. The van der Waals surface area contributed by atoms with E-state index in [1.807, 2.05) is 37.3 Å². The minimum absolute atomic E-state index is 0.151. The standard InChI is InChI=1S/C13H14ClNOS/c1-8-3-4-9(7-10(8)16-2)13(15)11-5-6-12(14)17-11/h3-7,13H,15H2,1-2H3. The first-order chi connectivity index (χ1) is 8.11. The molecule has 2 rings (SSSR count). The van der Waals surface area contributed by atoms with Crippen LogP contribution in [0.1, 0.15) is 22.0 Å². The third-order valence-corrected chi connectivity index (χ3v) is 4.01. The van der Waals surface area contributed by atoms with E-state index in [0.717, 1.165) is 26.1 Å². The second-order valence-corrected chi connectivity index (χ2v) is 5.60. The van der Waals surface area contributed by atoms with Crippen LogP contribution >= 0.6 is 22.9 Å². The minimum atomic E-state index is -0.151. The first kappa shape index (κ1) is 12.4. The van der Waals surface area contributed by atoms with Crippen LogP contribution in [0.5, 0.6) is 5.75 Å². The molecule has 0 spiro atoms. The van der Waals surface area contributed by atoms with Gasteiger partial charge >= 0.3 is 0 Å². The Morgan fingerprint density at radius 3 is 2.65 bits per heavy atom. The van der Waals surface area contributed by atoms with E-state index in [1.165, 1.54) is 11.3 Å². The molecule has 1 heterocycles. The SMILES string of the molecule is COc1cc(C(N)c2ccc(Cl)s2)ccc1C. The molecular weight excluding hydrogens is 254 g/mol. The topological polar surface area (TPSA) is 35.2 Å². The predicted octanol–water partition coefficient (Wildman–Crippen LogP) is 3.77. The van der Waals surface area contributed by atoms with Crippen molar-refractivity contribution < 1.29 is 4.74 Å². The van der Waals surface area contributed by atoms with Crippen molar-refractivity contribution in [3.05, 3.63) is 50.7 Å². The molecule has 90 valence electrons. The second kappa shape index (κ2) is 5.08. The number of halogens is 1. The Hall–Kier alpha value is -1.03. The average Bonchev–Trinajstić information content (AvgIpc) is 2.75. The van der Waals surface area contributed by atoms with E-state index in [9.17, 15) is 0 Å². The van der Waals surface area contributed by atoms with Gasteiger partial charge in [0.15, 0.2) is 0 Å². The van der Waals surface area contributed by atoms with Gasteiger partial charge in [-0.3, -0.25) is 0 Å². The van der Waals surface area contributed by atoms with Crippen molar-refractivity contribution in [3.8, 4) is 5.75 Å². The summed E-state index contributed by atoms with van der Waals surface area (Å²) in [6, 6.07) is 9.70. The lowest BCUT2D eigenvalue weighted by atomic mass is 10.0. The van der Waals surface area contributed by atoms with E-state index in [-0.39, 0.29) is 6.04 Å². The van der Waals surface area contributed by atoms with Crippen LogP contribution in [0.2, 0.25) is 4.34 Å². The average molecular weight is 268 g/mol. The van der Waals surface area contributed by atoms with Gasteiger partial charge in [-0.15, -0.1) is 11.3 Å². The molecule has 0 bridgehead atoms. The molecule has 1 atom stereocenters. The van der Waals surface area contributed by atoms with E-state index in [2.05, 4.69) is 0 Å². The molecule has 17 heavy (non-hydrogen) atoms. The van der Waals surface area contributed by atoms with Crippen molar-refractivity contribution in [2.24, 2.45) is 5.73 Å². The lowest BCUT2D eigenvalue weighted by Crippen LogP contribution is -2.10. The molecule has 2 aromatic rings.